The number of nitrogens with zero attached hydrogens (tertiary/aromatic N) is 2. The summed E-state index contributed by atoms with van der Waals surface area (Å²) >= 11 is 8.96. The molecular formula is C14H21ClN2O2S3. The Balaban J connectivity index is 1.82. The Hall–Kier alpha value is 0.210. The van der Waals surface area contributed by atoms with Gasteiger partial charge < -0.3 is 4.90 Å². The zero-order valence-corrected chi connectivity index (χ0v) is 15.6. The molecule has 0 spiro atoms. The second-order valence-corrected chi connectivity index (χ2v) is 10.7. The van der Waals surface area contributed by atoms with Crippen molar-refractivity contribution < 1.29 is 8.42 Å². The van der Waals surface area contributed by atoms with Crippen molar-refractivity contribution in [3.8, 4) is 0 Å². The zero-order chi connectivity index (χ0) is 15.6. The van der Waals surface area contributed by atoms with E-state index < -0.39 is 10.0 Å². The van der Waals surface area contributed by atoms with Crippen molar-refractivity contribution in [2.24, 2.45) is 0 Å². The summed E-state index contributed by atoms with van der Waals surface area (Å²) in [5.41, 5.74) is 0. The fraction of sp³-hybridized carbons (Fsp3) is 0.714. The number of sulfonamides is 1. The van der Waals surface area contributed by atoms with Crippen LogP contribution in [0, 0.1) is 0 Å². The minimum absolute atomic E-state index is 0.0662. The molecular weight excluding hydrogens is 360 g/mol. The van der Waals surface area contributed by atoms with Gasteiger partial charge in [-0.25, -0.2) is 8.42 Å². The predicted molar refractivity (Wildman–Crippen MR) is 94.6 cm³/mol. The van der Waals surface area contributed by atoms with Crippen LogP contribution in [0.15, 0.2) is 16.3 Å². The average Bonchev–Trinajstić information content (AvgIpc) is 3.07. The SMILES string of the molecule is O=S(=O)(c1ccc(Cl)s1)N1CCCSCC1CN1CCCC1. The second kappa shape index (κ2) is 7.40. The van der Waals surface area contributed by atoms with Gasteiger partial charge >= 0.3 is 0 Å². The highest BCUT2D eigenvalue weighted by molar-refractivity contribution is 7.99. The van der Waals surface area contributed by atoms with Gasteiger partial charge in [0, 0.05) is 24.9 Å². The Morgan fingerprint density at radius 2 is 1.95 bits per heavy atom. The van der Waals surface area contributed by atoms with Crippen LogP contribution in [0.25, 0.3) is 0 Å². The lowest BCUT2D eigenvalue weighted by Crippen LogP contribution is -2.47. The fourth-order valence-electron chi connectivity index (χ4n) is 3.08. The van der Waals surface area contributed by atoms with Crippen LogP contribution in [-0.4, -0.2) is 61.3 Å². The Morgan fingerprint density at radius 3 is 2.64 bits per heavy atom. The average molecular weight is 381 g/mol. The second-order valence-electron chi connectivity index (χ2n) is 5.76. The maximum atomic E-state index is 13.0. The highest BCUT2D eigenvalue weighted by Crippen LogP contribution is 2.31. The van der Waals surface area contributed by atoms with Gasteiger partial charge in [0.15, 0.2) is 0 Å². The Labute approximate surface area is 145 Å². The Bertz CT molecular complexity index is 599. The molecule has 2 aliphatic rings. The van der Waals surface area contributed by atoms with Gasteiger partial charge in [-0.05, 0) is 50.2 Å². The van der Waals surface area contributed by atoms with Crippen LogP contribution in [0.1, 0.15) is 19.3 Å². The summed E-state index contributed by atoms with van der Waals surface area (Å²) in [5, 5.41) is 0. The van der Waals surface area contributed by atoms with Gasteiger partial charge in [0.2, 0.25) is 0 Å². The monoisotopic (exact) mass is 380 g/mol. The largest absolute Gasteiger partial charge is 0.302 e. The van der Waals surface area contributed by atoms with Gasteiger partial charge in [-0.15, -0.1) is 11.3 Å². The molecule has 0 amide bonds. The third-order valence-corrected chi connectivity index (χ3v) is 9.01. The van der Waals surface area contributed by atoms with Gasteiger partial charge in [-0.1, -0.05) is 11.6 Å². The lowest BCUT2D eigenvalue weighted by atomic mass is 10.3. The Kier molecular flexibility index (Phi) is 5.74. The molecule has 0 saturated carbocycles. The van der Waals surface area contributed by atoms with E-state index in [1.54, 1.807) is 16.4 Å². The van der Waals surface area contributed by atoms with Crippen LogP contribution >= 0.6 is 34.7 Å². The topological polar surface area (TPSA) is 40.6 Å². The third-order valence-electron chi connectivity index (χ3n) is 4.16. The molecule has 1 unspecified atom stereocenters. The van der Waals surface area contributed by atoms with E-state index in [0.29, 0.717) is 15.1 Å². The first-order valence-corrected chi connectivity index (χ1v) is 11.4. The summed E-state index contributed by atoms with van der Waals surface area (Å²) in [6.45, 7) is 3.66. The van der Waals surface area contributed by atoms with Gasteiger partial charge in [0.25, 0.3) is 10.0 Å². The first kappa shape index (κ1) is 17.0. The summed E-state index contributed by atoms with van der Waals surface area (Å²) in [4.78, 5) is 2.40. The molecule has 0 aliphatic carbocycles. The number of thiophene rings is 1. The van der Waals surface area contributed by atoms with Gasteiger partial charge in [0.1, 0.15) is 4.21 Å². The molecule has 1 atom stereocenters. The first-order chi connectivity index (χ1) is 10.6. The molecule has 0 N–H and O–H groups in total. The summed E-state index contributed by atoms with van der Waals surface area (Å²) in [6.07, 6.45) is 3.37. The van der Waals surface area contributed by atoms with Crippen molar-refractivity contribution in [3.05, 3.63) is 16.5 Å². The van der Waals surface area contributed by atoms with Crippen LogP contribution in [0.4, 0.5) is 0 Å². The minimum atomic E-state index is -3.43. The number of hydrogen-bond donors (Lipinski definition) is 0. The summed E-state index contributed by atoms with van der Waals surface area (Å²) in [5.74, 6) is 1.92. The fourth-order valence-corrected chi connectivity index (χ4v) is 7.50. The van der Waals surface area contributed by atoms with E-state index in [9.17, 15) is 8.42 Å². The molecule has 0 aromatic carbocycles. The molecule has 4 nitrogen and oxygen atoms in total. The number of hydrogen-bond acceptors (Lipinski definition) is 5. The van der Waals surface area contributed by atoms with Crippen molar-refractivity contribution in [3.63, 3.8) is 0 Å². The third kappa shape index (κ3) is 3.82. The van der Waals surface area contributed by atoms with E-state index in [2.05, 4.69) is 4.90 Å². The molecule has 1 aromatic heterocycles. The number of halogens is 1. The van der Waals surface area contributed by atoms with Crippen LogP contribution in [0.3, 0.4) is 0 Å². The standard InChI is InChI=1S/C14H21ClN2O2S3/c15-13-4-5-14(21-13)22(18,19)17-8-3-9-20-11-12(17)10-16-6-1-2-7-16/h4-5,12H,1-3,6-11H2. The van der Waals surface area contributed by atoms with Crippen molar-refractivity contribution in [2.45, 2.75) is 29.5 Å². The zero-order valence-electron chi connectivity index (χ0n) is 12.4. The molecule has 0 bridgehead atoms. The van der Waals surface area contributed by atoms with Crippen molar-refractivity contribution in [1.82, 2.24) is 9.21 Å². The van der Waals surface area contributed by atoms with E-state index in [1.165, 1.54) is 12.8 Å². The molecule has 22 heavy (non-hydrogen) atoms. The van der Waals surface area contributed by atoms with Crippen molar-refractivity contribution in [2.75, 3.05) is 37.7 Å². The van der Waals surface area contributed by atoms with Crippen LogP contribution < -0.4 is 0 Å². The summed E-state index contributed by atoms with van der Waals surface area (Å²) in [7, 11) is -3.43. The summed E-state index contributed by atoms with van der Waals surface area (Å²) in [6, 6.07) is 3.37. The lowest BCUT2D eigenvalue weighted by molar-refractivity contribution is 0.243. The molecule has 3 rings (SSSR count). The molecule has 124 valence electrons. The van der Waals surface area contributed by atoms with E-state index in [0.717, 1.165) is 48.9 Å². The molecule has 8 heteroatoms. The minimum Gasteiger partial charge on any atom is -0.302 e. The normalized spacial score (nSPS) is 25.4. The molecule has 1 aromatic rings. The smallest absolute Gasteiger partial charge is 0.252 e. The van der Waals surface area contributed by atoms with Crippen molar-refractivity contribution in [1.29, 1.82) is 0 Å². The van der Waals surface area contributed by atoms with E-state index >= 15 is 0 Å². The molecule has 2 fully saturated rings. The van der Waals surface area contributed by atoms with E-state index in [-0.39, 0.29) is 6.04 Å². The highest BCUT2D eigenvalue weighted by Gasteiger charge is 2.34. The van der Waals surface area contributed by atoms with Gasteiger partial charge in [-0.2, -0.15) is 16.1 Å². The highest BCUT2D eigenvalue weighted by atomic mass is 35.5. The number of rotatable bonds is 4. The molecule has 2 aliphatic heterocycles. The Morgan fingerprint density at radius 1 is 1.18 bits per heavy atom. The van der Waals surface area contributed by atoms with E-state index in [1.807, 2.05) is 11.8 Å². The number of likely N-dealkylation sites (tertiary alicyclic amines) is 1. The van der Waals surface area contributed by atoms with Gasteiger partial charge in [-0.3, -0.25) is 0 Å². The van der Waals surface area contributed by atoms with Crippen LogP contribution in [-0.2, 0) is 10.0 Å². The number of thioether (sulfide) groups is 1. The predicted octanol–water partition coefficient (Wildman–Crippen LogP) is 2.99. The quantitative estimate of drug-likeness (QED) is 0.805. The van der Waals surface area contributed by atoms with Crippen molar-refractivity contribution >= 4 is 44.7 Å². The van der Waals surface area contributed by atoms with Crippen LogP contribution in [0.2, 0.25) is 4.34 Å². The van der Waals surface area contributed by atoms with Crippen LogP contribution in [0.5, 0.6) is 0 Å². The molecule has 0 radical (unpaired) electrons. The lowest BCUT2D eigenvalue weighted by Gasteiger charge is -2.31. The molecule has 2 saturated heterocycles. The summed E-state index contributed by atoms with van der Waals surface area (Å²) < 4.78 is 28.6. The van der Waals surface area contributed by atoms with Gasteiger partial charge in [0.05, 0.1) is 4.34 Å². The maximum absolute atomic E-state index is 13.0. The van der Waals surface area contributed by atoms with E-state index in [4.69, 9.17) is 11.6 Å². The first-order valence-electron chi connectivity index (χ1n) is 7.64. The molecule has 3 heterocycles. The maximum Gasteiger partial charge on any atom is 0.252 e.